The van der Waals surface area contributed by atoms with Gasteiger partial charge in [0.1, 0.15) is 0 Å². The highest BCUT2D eigenvalue weighted by Gasteiger charge is 2.34. The summed E-state index contributed by atoms with van der Waals surface area (Å²) in [4.78, 5) is 12.6. The van der Waals surface area contributed by atoms with Crippen LogP contribution in [-0.4, -0.2) is 5.78 Å². The van der Waals surface area contributed by atoms with Crippen LogP contribution < -0.4 is 0 Å². The van der Waals surface area contributed by atoms with Gasteiger partial charge in [0.2, 0.25) is 0 Å². The van der Waals surface area contributed by atoms with E-state index >= 15 is 0 Å². The first-order valence-corrected chi connectivity index (χ1v) is 8.26. The molecule has 1 heteroatoms. The maximum atomic E-state index is 12.6. The Morgan fingerprint density at radius 2 is 1.86 bits per heavy atom. The number of carbonyl (C=O) groups excluding carboxylic acids is 1. The molecule has 1 fully saturated rings. The van der Waals surface area contributed by atoms with Crippen molar-refractivity contribution in [1.29, 1.82) is 0 Å². The second-order valence-corrected chi connectivity index (χ2v) is 7.08. The maximum Gasteiger partial charge on any atom is 0.159 e. The van der Waals surface area contributed by atoms with Crippen LogP contribution in [0.15, 0.2) is 30.3 Å². The second kappa shape index (κ2) is 7.06. The van der Waals surface area contributed by atoms with Gasteiger partial charge in [-0.15, -0.1) is 0 Å². The third kappa shape index (κ3) is 4.30. The zero-order chi connectivity index (χ0) is 15.4. The van der Waals surface area contributed by atoms with Gasteiger partial charge in [0.25, 0.3) is 0 Å². The molecule has 1 aromatic carbocycles. The molecule has 0 heterocycles. The van der Waals surface area contributed by atoms with E-state index < -0.39 is 0 Å². The lowest BCUT2D eigenvalue weighted by molar-refractivity contribution is -0.122. The smallest absolute Gasteiger partial charge is 0.159 e. The van der Waals surface area contributed by atoms with Crippen LogP contribution >= 0.6 is 0 Å². The van der Waals surface area contributed by atoms with Crippen molar-refractivity contribution in [1.82, 2.24) is 0 Å². The number of hydrogen-bond donors (Lipinski definition) is 0. The Morgan fingerprint density at radius 3 is 2.48 bits per heavy atom. The molecular formula is C20H28O. The molecule has 114 valence electrons. The molecule has 1 saturated carbocycles. The quantitative estimate of drug-likeness (QED) is 0.687. The molecule has 21 heavy (non-hydrogen) atoms. The lowest BCUT2D eigenvalue weighted by atomic mass is 9.68. The van der Waals surface area contributed by atoms with E-state index in [-0.39, 0.29) is 5.92 Å². The minimum absolute atomic E-state index is 0.218. The Balaban J connectivity index is 2.07. The van der Waals surface area contributed by atoms with Crippen LogP contribution in [-0.2, 0) is 4.79 Å². The van der Waals surface area contributed by atoms with Crippen molar-refractivity contribution >= 4 is 11.9 Å². The summed E-state index contributed by atoms with van der Waals surface area (Å²) in [6.07, 6.45) is 7.31. The van der Waals surface area contributed by atoms with Crippen LogP contribution in [0.1, 0.15) is 51.2 Å². The van der Waals surface area contributed by atoms with Gasteiger partial charge in [-0.1, -0.05) is 63.1 Å². The summed E-state index contributed by atoms with van der Waals surface area (Å²) in [6.45, 7) is 8.87. The Hall–Kier alpha value is -1.37. The Kier molecular flexibility index (Phi) is 5.39. The highest BCUT2D eigenvalue weighted by Crippen LogP contribution is 2.38. The lowest BCUT2D eigenvalue weighted by Crippen LogP contribution is -2.32. The first kappa shape index (κ1) is 16.0. The molecule has 0 spiro atoms. The SMILES string of the molecule is Cc1ccc(C=CC(=O)C2C[C@H](C)CC[C@H]2C(C)C)cc1. The van der Waals surface area contributed by atoms with Crippen molar-refractivity contribution in [2.24, 2.45) is 23.7 Å². The predicted molar refractivity (Wildman–Crippen MR) is 90.1 cm³/mol. The Morgan fingerprint density at radius 1 is 1.19 bits per heavy atom. The molecule has 0 aliphatic heterocycles. The summed E-state index contributed by atoms with van der Waals surface area (Å²) in [5, 5.41) is 0. The van der Waals surface area contributed by atoms with Crippen LogP contribution in [0, 0.1) is 30.6 Å². The zero-order valence-electron chi connectivity index (χ0n) is 13.8. The van der Waals surface area contributed by atoms with Gasteiger partial charge in [-0.25, -0.2) is 0 Å². The molecule has 0 radical (unpaired) electrons. The monoisotopic (exact) mass is 284 g/mol. The molecular weight excluding hydrogens is 256 g/mol. The normalized spacial score (nSPS) is 26.4. The molecule has 1 aromatic rings. The average Bonchev–Trinajstić information content (AvgIpc) is 2.46. The molecule has 0 bridgehead atoms. The van der Waals surface area contributed by atoms with E-state index in [2.05, 4.69) is 52.0 Å². The summed E-state index contributed by atoms with van der Waals surface area (Å²) in [6, 6.07) is 8.32. The topological polar surface area (TPSA) is 17.1 Å². The second-order valence-electron chi connectivity index (χ2n) is 7.08. The lowest BCUT2D eigenvalue weighted by Gasteiger charge is -2.35. The maximum absolute atomic E-state index is 12.6. The molecule has 0 amide bonds. The largest absolute Gasteiger partial charge is 0.295 e. The average molecular weight is 284 g/mol. The van der Waals surface area contributed by atoms with E-state index in [9.17, 15) is 4.79 Å². The van der Waals surface area contributed by atoms with E-state index in [1.54, 1.807) is 0 Å². The van der Waals surface area contributed by atoms with E-state index in [4.69, 9.17) is 0 Å². The Labute approximate surface area is 129 Å². The van der Waals surface area contributed by atoms with Gasteiger partial charge in [-0.2, -0.15) is 0 Å². The zero-order valence-corrected chi connectivity index (χ0v) is 13.8. The minimum Gasteiger partial charge on any atom is -0.295 e. The summed E-state index contributed by atoms with van der Waals surface area (Å²) in [7, 11) is 0. The highest BCUT2D eigenvalue weighted by atomic mass is 16.1. The van der Waals surface area contributed by atoms with Gasteiger partial charge in [0.15, 0.2) is 5.78 Å². The van der Waals surface area contributed by atoms with E-state index in [0.29, 0.717) is 23.5 Å². The van der Waals surface area contributed by atoms with Crippen molar-refractivity contribution < 1.29 is 4.79 Å². The van der Waals surface area contributed by atoms with Crippen LogP contribution in [0.25, 0.3) is 6.08 Å². The summed E-state index contributed by atoms with van der Waals surface area (Å²) in [5.74, 6) is 2.37. The summed E-state index contributed by atoms with van der Waals surface area (Å²) < 4.78 is 0. The molecule has 1 nitrogen and oxygen atoms in total. The van der Waals surface area contributed by atoms with Gasteiger partial charge < -0.3 is 0 Å². The standard InChI is InChI=1S/C20H28O/c1-14(2)18-11-7-16(4)13-19(18)20(21)12-10-17-8-5-15(3)6-9-17/h5-6,8-10,12,14,16,18-19H,7,11,13H2,1-4H3/t16-,18+,19?/m1/s1. The van der Waals surface area contributed by atoms with Crippen LogP contribution in [0.3, 0.4) is 0 Å². The van der Waals surface area contributed by atoms with Crippen LogP contribution in [0.5, 0.6) is 0 Å². The molecule has 2 rings (SSSR count). The molecule has 1 aliphatic rings. The first-order chi connectivity index (χ1) is 9.97. The van der Waals surface area contributed by atoms with Gasteiger partial charge >= 0.3 is 0 Å². The highest BCUT2D eigenvalue weighted by molar-refractivity contribution is 5.95. The Bertz CT molecular complexity index is 495. The fraction of sp³-hybridized carbons (Fsp3) is 0.550. The number of rotatable bonds is 4. The number of hydrogen-bond acceptors (Lipinski definition) is 1. The van der Waals surface area contributed by atoms with Gasteiger partial charge in [0.05, 0.1) is 0 Å². The van der Waals surface area contributed by atoms with Crippen molar-refractivity contribution in [3.63, 3.8) is 0 Å². The van der Waals surface area contributed by atoms with E-state index in [1.165, 1.54) is 18.4 Å². The molecule has 3 atom stereocenters. The number of benzene rings is 1. The first-order valence-electron chi connectivity index (χ1n) is 8.26. The predicted octanol–water partition coefficient (Wildman–Crippen LogP) is 5.29. The third-order valence-electron chi connectivity index (χ3n) is 4.91. The van der Waals surface area contributed by atoms with E-state index in [0.717, 1.165) is 12.0 Å². The molecule has 0 saturated heterocycles. The third-order valence-corrected chi connectivity index (χ3v) is 4.91. The fourth-order valence-electron chi connectivity index (χ4n) is 3.51. The number of carbonyl (C=O) groups is 1. The summed E-state index contributed by atoms with van der Waals surface area (Å²) >= 11 is 0. The van der Waals surface area contributed by atoms with Crippen LogP contribution in [0.4, 0.5) is 0 Å². The molecule has 0 N–H and O–H groups in total. The van der Waals surface area contributed by atoms with E-state index in [1.807, 2.05) is 12.2 Å². The number of allylic oxidation sites excluding steroid dienone is 1. The molecule has 1 unspecified atom stereocenters. The molecule has 1 aliphatic carbocycles. The minimum atomic E-state index is 0.218. The van der Waals surface area contributed by atoms with Crippen LogP contribution in [0.2, 0.25) is 0 Å². The van der Waals surface area contributed by atoms with Gasteiger partial charge in [-0.05, 0) is 49.2 Å². The van der Waals surface area contributed by atoms with Crippen molar-refractivity contribution in [3.8, 4) is 0 Å². The summed E-state index contributed by atoms with van der Waals surface area (Å²) in [5.41, 5.74) is 2.36. The van der Waals surface area contributed by atoms with Gasteiger partial charge in [0, 0.05) is 5.92 Å². The number of aryl methyl sites for hydroxylation is 1. The van der Waals surface area contributed by atoms with Crippen molar-refractivity contribution in [2.75, 3.05) is 0 Å². The molecule has 0 aromatic heterocycles. The number of ketones is 1. The van der Waals surface area contributed by atoms with Crippen molar-refractivity contribution in [3.05, 3.63) is 41.5 Å². The van der Waals surface area contributed by atoms with Crippen molar-refractivity contribution in [2.45, 2.75) is 47.0 Å². The fourth-order valence-corrected chi connectivity index (χ4v) is 3.51. The van der Waals surface area contributed by atoms with Gasteiger partial charge in [-0.3, -0.25) is 4.79 Å².